The van der Waals surface area contributed by atoms with Crippen LogP contribution in [0.15, 0.2) is 18.2 Å². The highest BCUT2D eigenvalue weighted by Crippen LogP contribution is 2.29. The van der Waals surface area contributed by atoms with E-state index in [1.807, 2.05) is 0 Å². The number of benzene rings is 1. The summed E-state index contributed by atoms with van der Waals surface area (Å²) in [7, 11) is 1.38. The number of amides is 1. The summed E-state index contributed by atoms with van der Waals surface area (Å²) in [5, 5.41) is 21.9. The lowest BCUT2D eigenvalue weighted by Gasteiger charge is -2.09. The zero-order valence-corrected chi connectivity index (χ0v) is 10.6. The molecule has 19 heavy (non-hydrogen) atoms. The smallest absolute Gasteiger partial charge is 0.273 e. The topological polar surface area (TPSA) is 102 Å². The summed E-state index contributed by atoms with van der Waals surface area (Å²) in [6.45, 7) is 0.0497. The zero-order chi connectivity index (χ0) is 14.3. The minimum atomic E-state index is -0.532. The molecule has 0 bridgehead atoms. The third kappa shape index (κ3) is 4.55. The number of ether oxygens (including phenoxy) is 1. The molecule has 0 fully saturated rings. The maximum atomic E-state index is 11.6. The predicted molar refractivity (Wildman–Crippen MR) is 69.2 cm³/mol. The molecule has 1 amide bonds. The molecule has 104 valence electrons. The highest BCUT2D eigenvalue weighted by atomic mass is 16.6. The van der Waals surface area contributed by atoms with Gasteiger partial charge in [-0.3, -0.25) is 14.9 Å². The van der Waals surface area contributed by atoms with Crippen molar-refractivity contribution >= 4 is 17.3 Å². The molecule has 1 aromatic carbocycles. The Kier molecular flexibility index (Phi) is 5.74. The molecule has 0 saturated carbocycles. The van der Waals surface area contributed by atoms with Gasteiger partial charge < -0.3 is 15.2 Å². The fraction of sp³-hybridized carbons (Fsp3) is 0.417. The van der Waals surface area contributed by atoms with Gasteiger partial charge in [0, 0.05) is 19.1 Å². The molecule has 0 aromatic heterocycles. The third-order valence-corrected chi connectivity index (χ3v) is 2.48. The Morgan fingerprint density at radius 1 is 1.47 bits per heavy atom. The number of aliphatic hydroxyl groups excluding tert-OH is 1. The van der Waals surface area contributed by atoms with E-state index in [2.05, 4.69) is 5.32 Å². The van der Waals surface area contributed by atoms with Gasteiger partial charge in [-0.2, -0.15) is 0 Å². The van der Waals surface area contributed by atoms with Crippen molar-refractivity contribution in [2.75, 3.05) is 19.0 Å². The van der Waals surface area contributed by atoms with Crippen LogP contribution in [0.5, 0.6) is 5.75 Å². The van der Waals surface area contributed by atoms with Gasteiger partial charge in [-0.15, -0.1) is 0 Å². The van der Waals surface area contributed by atoms with Crippen molar-refractivity contribution in [1.82, 2.24) is 0 Å². The second-order valence-corrected chi connectivity index (χ2v) is 3.87. The van der Waals surface area contributed by atoms with Gasteiger partial charge in [0.05, 0.1) is 23.8 Å². The molecule has 0 aliphatic rings. The number of carbonyl (C=O) groups excluding carboxylic acids is 1. The van der Waals surface area contributed by atoms with Crippen LogP contribution in [0.2, 0.25) is 0 Å². The predicted octanol–water partition coefficient (Wildman–Crippen LogP) is 1.70. The molecule has 7 heteroatoms. The maximum absolute atomic E-state index is 11.6. The van der Waals surface area contributed by atoms with Gasteiger partial charge in [0.25, 0.3) is 5.69 Å². The lowest BCUT2D eigenvalue weighted by molar-refractivity contribution is -0.384. The molecule has 1 rings (SSSR count). The fourth-order valence-electron chi connectivity index (χ4n) is 1.51. The van der Waals surface area contributed by atoms with Crippen LogP contribution in [-0.4, -0.2) is 29.7 Å². The lowest BCUT2D eigenvalue weighted by Crippen LogP contribution is -2.12. The van der Waals surface area contributed by atoms with E-state index in [1.165, 1.54) is 25.3 Å². The summed E-state index contributed by atoms with van der Waals surface area (Å²) < 4.78 is 5.00. The molecule has 0 heterocycles. The summed E-state index contributed by atoms with van der Waals surface area (Å²) >= 11 is 0. The number of methoxy groups -OCH3 is 1. The summed E-state index contributed by atoms with van der Waals surface area (Å²) in [4.78, 5) is 21.7. The van der Waals surface area contributed by atoms with E-state index >= 15 is 0 Å². The van der Waals surface area contributed by atoms with Gasteiger partial charge in [-0.25, -0.2) is 0 Å². The largest absolute Gasteiger partial charge is 0.494 e. The van der Waals surface area contributed by atoms with Crippen molar-refractivity contribution in [2.45, 2.75) is 19.3 Å². The summed E-state index contributed by atoms with van der Waals surface area (Å²) in [6.07, 6.45) is 1.42. The summed E-state index contributed by atoms with van der Waals surface area (Å²) in [5.74, 6) is 0.0188. The van der Waals surface area contributed by atoms with Gasteiger partial charge in [-0.05, 0) is 18.9 Å². The van der Waals surface area contributed by atoms with Crippen LogP contribution in [0.3, 0.4) is 0 Å². The number of nitro benzene ring substituents is 1. The Hall–Kier alpha value is -2.15. The molecule has 7 nitrogen and oxygen atoms in total. The van der Waals surface area contributed by atoms with Gasteiger partial charge in [0.1, 0.15) is 5.75 Å². The number of unbranched alkanes of at least 4 members (excludes halogenated alkanes) is 1. The molecule has 0 unspecified atom stereocenters. The number of non-ortho nitro benzene ring substituents is 1. The highest BCUT2D eigenvalue weighted by Gasteiger charge is 2.13. The first-order chi connectivity index (χ1) is 9.08. The average Bonchev–Trinajstić information content (AvgIpc) is 2.39. The molecule has 0 spiro atoms. The number of hydrogen-bond donors (Lipinski definition) is 2. The number of nitrogens with one attached hydrogen (secondary N) is 1. The van der Waals surface area contributed by atoms with Gasteiger partial charge in [-0.1, -0.05) is 0 Å². The normalized spacial score (nSPS) is 10.0. The van der Waals surface area contributed by atoms with Crippen LogP contribution in [0.1, 0.15) is 19.3 Å². The van der Waals surface area contributed by atoms with Crippen LogP contribution in [0.25, 0.3) is 0 Å². The number of hydrogen-bond acceptors (Lipinski definition) is 5. The second kappa shape index (κ2) is 7.32. The van der Waals surface area contributed by atoms with E-state index in [1.54, 1.807) is 0 Å². The van der Waals surface area contributed by atoms with Crippen molar-refractivity contribution in [3.05, 3.63) is 28.3 Å². The van der Waals surface area contributed by atoms with E-state index in [9.17, 15) is 14.9 Å². The number of anilines is 1. The number of nitrogens with zero attached hydrogens (tertiary/aromatic N) is 1. The first-order valence-corrected chi connectivity index (χ1v) is 5.81. The Bertz CT molecular complexity index is 461. The molecular weight excluding hydrogens is 252 g/mol. The number of carbonyl (C=O) groups is 1. The standard InChI is InChI=1S/C12H16N2O5/c1-19-11-8-9(14(17)18)5-6-10(11)13-12(16)4-2-3-7-15/h5-6,8,15H,2-4,7H2,1H3,(H,13,16). The van der Waals surface area contributed by atoms with Crippen LogP contribution in [-0.2, 0) is 4.79 Å². The first kappa shape index (κ1) is 14.9. The molecule has 0 saturated heterocycles. The Morgan fingerprint density at radius 3 is 2.79 bits per heavy atom. The monoisotopic (exact) mass is 268 g/mol. The molecule has 1 aromatic rings. The Labute approximate surface area is 110 Å². The highest BCUT2D eigenvalue weighted by molar-refractivity contribution is 5.92. The summed E-state index contributed by atoms with van der Waals surface area (Å²) in [6, 6.07) is 3.98. The Morgan fingerprint density at radius 2 is 2.21 bits per heavy atom. The van der Waals surface area contributed by atoms with E-state index < -0.39 is 4.92 Å². The summed E-state index contributed by atoms with van der Waals surface area (Å²) in [5.41, 5.74) is 0.289. The minimum Gasteiger partial charge on any atom is -0.494 e. The van der Waals surface area contributed by atoms with Gasteiger partial charge >= 0.3 is 0 Å². The average molecular weight is 268 g/mol. The number of rotatable bonds is 7. The molecule has 0 aliphatic carbocycles. The quantitative estimate of drug-likeness (QED) is 0.445. The van der Waals surface area contributed by atoms with E-state index in [0.29, 0.717) is 18.5 Å². The number of nitro groups is 1. The van der Waals surface area contributed by atoms with Gasteiger partial charge in [0.2, 0.25) is 5.91 Å². The lowest BCUT2D eigenvalue weighted by atomic mass is 10.2. The zero-order valence-electron chi connectivity index (χ0n) is 10.6. The van der Waals surface area contributed by atoms with Crippen molar-refractivity contribution in [1.29, 1.82) is 0 Å². The second-order valence-electron chi connectivity index (χ2n) is 3.87. The van der Waals surface area contributed by atoms with Crippen LogP contribution >= 0.6 is 0 Å². The molecule has 0 radical (unpaired) electrons. The van der Waals surface area contributed by atoms with Crippen LogP contribution in [0.4, 0.5) is 11.4 Å². The van der Waals surface area contributed by atoms with Crippen molar-refractivity contribution in [3.63, 3.8) is 0 Å². The van der Waals surface area contributed by atoms with Crippen LogP contribution < -0.4 is 10.1 Å². The minimum absolute atomic E-state index is 0.0497. The number of aliphatic hydroxyl groups is 1. The van der Waals surface area contributed by atoms with Crippen molar-refractivity contribution in [3.8, 4) is 5.75 Å². The van der Waals surface area contributed by atoms with E-state index in [4.69, 9.17) is 9.84 Å². The maximum Gasteiger partial charge on any atom is 0.273 e. The van der Waals surface area contributed by atoms with E-state index in [0.717, 1.165) is 0 Å². The first-order valence-electron chi connectivity index (χ1n) is 5.81. The van der Waals surface area contributed by atoms with E-state index in [-0.39, 0.29) is 30.4 Å². The molecular formula is C12H16N2O5. The van der Waals surface area contributed by atoms with Crippen molar-refractivity contribution < 1.29 is 19.6 Å². The molecule has 0 atom stereocenters. The third-order valence-electron chi connectivity index (χ3n) is 2.48. The van der Waals surface area contributed by atoms with Crippen molar-refractivity contribution in [2.24, 2.45) is 0 Å². The molecule has 0 aliphatic heterocycles. The fourth-order valence-corrected chi connectivity index (χ4v) is 1.51. The van der Waals surface area contributed by atoms with Crippen LogP contribution in [0, 0.1) is 10.1 Å². The Balaban J connectivity index is 2.72. The SMILES string of the molecule is COc1cc([N+](=O)[O-])ccc1NC(=O)CCCCO. The van der Waals surface area contributed by atoms with Gasteiger partial charge in [0.15, 0.2) is 0 Å². The molecule has 2 N–H and O–H groups in total.